The van der Waals surface area contributed by atoms with Crippen LogP contribution >= 0.6 is 0 Å². The van der Waals surface area contributed by atoms with Gasteiger partial charge in [0.1, 0.15) is 0 Å². The molecule has 2 heteroatoms. The molecule has 1 aliphatic carbocycles. The predicted molar refractivity (Wildman–Crippen MR) is 77.8 cm³/mol. The van der Waals surface area contributed by atoms with Crippen LogP contribution < -0.4 is 5.32 Å². The van der Waals surface area contributed by atoms with Crippen molar-refractivity contribution in [2.75, 3.05) is 6.54 Å². The summed E-state index contributed by atoms with van der Waals surface area (Å²) in [5, 5.41) is 3.62. The van der Waals surface area contributed by atoms with E-state index < -0.39 is 0 Å². The van der Waals surface area contributed by atoms with Gasteiger partial charge in [0, 0.05) is 25.0 Å². The fourth-order valence-corrected chi connectivity index (χ4v) is 3.12. The van der Waals surface area contributed by atoms with Crippen LogP contribution in [0.5, 0.6) is 0 Å². The van der Waals surface area contributed by atoms with Gasteiger partial charge in [0.15, 0.2) is 0 Å². The fraction of sp³-hybridized carbons (Fsp3) is 0.750. The highest BCUT2D eigenvalue weighted by Gasteiger charge is 2.12. The number of rotatable bonds is 5. The van der Waals surface area contributed by atoms with Crippen molar-refractivity contribution in [3.8, 4) is 0 Å². The SMILES string of the molecule is Cc1cc(CNCCC2CCCCC2)c(C)n1C. The molecule has 0 amide bonds. The zero-order valence-corrected chi connectivity index (χ0v) is 12.3. The van der Waals surface area contributed by atoms with Gasteiger partial charge in [-0.25, -0.2) is 0 Å². The summed E-state index contributed by atoms with van der Waals surface area (Å²) >= 11 is 0. The molecule has 1 aliphatic rings. The van der Waals surface area contributed by atoms with E-state index in [1.165, 1.54) is 62.0 Å². The Bertz CT molecular complexity index is 373. The largest absolute Gasteiger partial charge is 0.352 e. The summed E-state index contributed by atoms with van der Waals surface area (Å²) in [6.07, 6.45) is 8.68. The molecular weight excluding hydrogens is 220 g/mol. The van der Waals surface area contributed by atoms with Crippen molar-refractivity contribution in [2.45, 2.75) is 58.9 Å². The molecule has 1 N–H and O–H groups in total. The van der Waals surface area contributed by atoms with E-state index in [2.05, 4.69) is 36.8 Å². The van der Waals surface area contributed by atoms with E-state index in [1.807, 2.05) is 0 Å². The third-order valence-electron chi connectivity index (χ3n) is 4.65. The molecule has 0 aliphatic heterocycles. The first kappa shape index (κ1) is 13.7. The van der Waals surface area contributed by atoms with Crippen LogP contribution in [-0.4, -0.2) is 11.1 Å². The van der Waals surface area contributed by atoms with E-state index >= 15 is 0 Å². The average molecular weight is 248 g/mol. The maximum atomic E-state index is 3.62. The Kier molecular flexibility index (Phi) is 4.87. The first-order valence-electron chi connectivity index (χ1n) is 7.51. The zero-order valence-electron chi connectivity index (χ0n) is 12.3. The monoisotopic (exact) mass is 248 g/mol. The lowest BCUT2D eigenvalue weighted by Gasteiger charge is -2.21. The van der Waals surface area contributed by atoms with Crippen LogP contribution in [0.2, 0.25) is 0 Å². The van der Waals surface area contributed by atoms with Crippen molar-refractivity contribution in [2.24, 2.45) is 13.0 Å². The van der Waals surface area contributed by atoms with Gasteiger partial charge in [0.25, 0.3) is 0 Å². The molecule has 18 heavy (non-hydrogen) atoms. The number of hydrogen-bond donors (Lipinski definition) is 1. The van der Waals surface area contributed by atoms with E-state index in [0.29, 0.717) is 0 Å². The van der Waals surface area contributed by atoms with Gasteiger partial charge in [-0.3, -0.25) is 0 Å². The van der Waals surface area contributed by atoms with E-state index in [9.17, 15) is 0 Å². The molecule has 102 valence electrons. The molecule has 2 rings (SSSR count). The Balaban J connectivity index is 1.70. The van der Waals surface area contributed by atoms with Crippen LogP contribution in [0.15, 0.2) is 6.07 Å². The Labute approximate surface area is 112 Å². The summed E-state index contributed by atoms with van der Waals surface area (Å²) in [4.78, 5) is 0. The molecule has 0 spiro atoms. The lowest BCUT2D eigenvalue weighted by Crippen LogP contribution is -2.19. The van der Waals surface area contributed by atoms with E-state index in [-0.39, 0.29) is 0 Å². The molecule has 1 heterocycles. The van der Waals surface area contributed by atoms with Crippen LogP contribution in [-0.2, 0) is 13.6 Å². The Morgan fingerprint density at radius 1 is 1.22 bits per heavy atom. The third kappa shape index (κ3) is 3.38. The van der Waals surface area contributed by atoms with E-state index in [0.717, 1.165) is 12.5 Å². The highest BCUT2D eigenvalue weighted by Crippen LogP contribution is 2.25. The fourth-order valence-electron chi connectivity index (χ4n) is 3.12. The summed E-state index contributed by atoms with van der Waals surface area (Å²) < 4.78 is 2.28. The Hall–Kier alpha value is -0.760. The molecule has 0 atom stereocenters. The highest BCUT2D eigenvalue weighted by atomic mass is 15.0. The van der Waals surface area contributed by atoms with Gasteiger partial charge in [-0.2, -0.15) is 0 Å². The average Bonchev–Trinajstić information content (AvgIpc) is 2.64. The second-order valence-electron chi connectivity index (χ2n) is 5.92. The molecule has 0 aromatic carbocycles. The number of aryl methyl sites for hydroxylation is 1. The minimum atomic E-state index is 0.991. The van der Waals surface area contributed by atoms with Crippen LogP contribution in [0.25, 0.3) is 0 Å². The van der Waals surface area contributed by atoms with Gasteiger partial charge >= 0.3 is 0 Å². The Morgan fingerprint density at radius 3 is 2.56 bits per heavy atom. The van der Waals surface area contributed by atoms with E-state index in [4.69, 9.17) is 0 Å². The second kappa shape index (κ2) is 6.42. The highest BCUT2D eigenvalue weighted by molar-refractivity contribution is 5.26. The molecule has 1 aromatic heterocycles. The van der Waals surface area contributed by atoms with Gasteiger partial charge in [-0.05, 0) is 44.4 Å². The summed E-state index contributed by atoms with van der Waals surface area (Å²) in [7, 11) is 2.15. The van der Waals surface area contributed by atoms with Crippen LogP contribution in [0.3, 0.4) is 0 Å². The minimum Gasteiger partial charge on any atom is -0.352 e. The minimum absolute atomic E-state index is 0.991. The lowest BCUT2D eigenvalue weighted by molar-refractivity contribution is 0.334. The summed E-state index contributed by atoms with van der Waals surface area (Å²) in [6, 6.07) is 2.31. The summed E-state index contributed by atoms with van der Waals surface area (Å²) in [5.41, 5.74) is 4.22. The smallest absolute Gasteiger partial charge is 0.0223 e. The maximum absolute atomic E-state index is 3.62. The molecule has 1 saturated carbocycles. The van der Waals surface area contributed by atoms with Crippen molar-refractivity contribution >= 4 is 0 Å². The molecule has 0 unspecified atom stereocenters. The molecule has 1 fully saturated rings. The van der Waals surface area contributed by atoms with Crippen molar-refractivity contribution in [1.82, 2.24) is 9.88 Å². The molecule has 1 aromatic rings. The standard InChI is InChI=1S/C16H28N2/c1-13-11-16(14(2)18(13)3)12-17-10-9-15-7-5-4-6-8-15/h11,15,17H,4-10,12H2,1-3H3. The third-order valence-corrected chi connectivity index (χ3v) is 4.65. The van der Waals surface area contributed by atoms with Gasteiger partial charge in [-0.1, -0.05) is 32.1 Å². The molecule has 0 radical (unpaired) electrons. The zero-order chi connectivity index (χ0) is 13.0. The number of nitrogens with one attached hydrogen (secondary N) is 1. The van der Waals surface area contributed by atoms with Crippen LogP contribution in [0.4, 0.5) is 0 Å². The van der Waals surface area contributed by atoms with Gasteiger partial charge in [0.2, 0.25) is 0 Å². The number of aromatic nitrogens is 1. The first-order chi connectivity index (χ1) is 8.68. The quantitative estimate of drug-likeness (QED) is 0.786. The van der Waals surface area contributed by atoms with Crippen molar-refractivity contribution < 1.29 is 0 Å². The van der Waals surface area contributed by atoms with Crippen LogP contribution in [0, 0.1) is 19.8 Å². The Morgan fingerprint density at radius 2 is 1.94 bits per heavy atom. The molecule has 2 nitrogen and oxygen atoms in total. The summed E-state index contributed by atoms with van der Waals surface area (Å²) in [6.45, 7) is 6.60. The summed E-state index contributed by atoms with van der Waals surface area (Å²) in [5.74, 6) is 0.991. The van der Waals surface area contributed by atoms with Crippen molar-refractivity contribution in [3.05, 3.63) is 23.0 Å². The van der Waals surface area contributed by atoms with Crippen molar-refractivity contribution in [3.63, 3.8) is 0 Å². The van der Waals surface area contributed by atoms with Gasteiger partial charge in [-0.15, -0.1) is 0 Å². The number of nitrogens with zero attached hydrogens (tertiary/aromatic N) is 1. The molecule has 0 bridgehead atoms. The number of hydrogen-bond acceptors (Lipinski definition) is 1. The lowest BCUT2D eigenvalue weighted by atomic mass is 9.87. The first-order valence-corrected chi connectivity index (χ1v) is 7.51. The second-order valence-corrected chi connectivity index (χ2v) is 5.92. The predicted octanol–water partition coefficient (Wildman–Crippen LogP) is 3.70. The topological polar surface area (TPSA) is 17.0 Å². The maximum Gasteiger partial charge on any atom is 0.0223 e. The van der Waals surface area contributed by atoms with E-state index in [1.54, 1.807) is 0 Å². The molecule has 0 saturated heterocycles. The van der Waals surface area contributed by atoms with Crippen LogP contribution in [0.1, 0.15) is 55.5 Å². The molecular formula is C16H28N2. The normalized spacial score (nSPS) is 17.3. The van der Waals surface area contributed by atoms with Gasteiger partial charge < -0.3 is 9.88 Å². The van der Waals surface area contributed by atoms with Crippen molar-refractivity contribution in [1.29, 1.82) is 0 Å². The van der Waals surface area contributed by atoms with Gasteiger partial charge in [0.05, 0.1) is 0 Å².